The summed E-state index contributed by atoms with van der Waals surface area (Å²) in [6.45, 7) is 4.10. The van der Waals surface area contributed by atoms with Crippen LogP contribution in [0.5, 0.6) is 0 Å². The molecule has 0 saturated carbocycles. The fourth-order valence-electron chi connectivity index (χ4n) is 3.15. The van der Waals surface area contributed by atoms with E-state index in [0.29, 0.717) is 6.42 Å². The van der Waals surface area contributed by atoms with E-state index in [1.165, 1.54) is 5.56 Å². The number of benzene rings is 3. The predicted molar refractivity (Wildman–Crippen MR) is 113 cm³/mol. The van der Waals surface area contributed by atoms with Gasteiger partial charge in [0.2, 0.25) is 5.91 Å². The fraction of sp³-hybridized carbons (Fsp3) is 0.130. The average Bonchev–Trinajstić information content (AvgIpc) is 3.08. The molecule has 1 aromatic heterocycles. The lowest BCUT2D eigenvalue weighted by Gasteiger charge is -2.09. The minimum atomic E-state index is -0.0107. The summed E-state index contributed by atoms with van der Waals surface area (Å²) in [6, 6.07) is 22.2. The number of aryl methyl sites for hydroxylation is 2. The standard InChI is InChI=1S/C23H20N2OS/c1-15-10-11-17(16(2)12-15)14-22(26)24-19-7-5-6-18(13-19)23-25-20-8-3-4-9-21(20)27-23/h3-13H,14H2,1-2H3,(H,24,26). The number of hydrogen-bond donors (Lipinski definition) is 1. The van der Waals surface area contributed by atoms with Crippen LogP contribution >= 0.6 is 11.3 Å². The van der Waals surface area contributed by atoms with Crippen molar-refractivity contribution in [3.8, 4) is 10.6 Å². The Kier molecular flexibility index (Phi) is 4.73. The van der Waals surface area contributed by atoms with Gasteiger partial charge < -0.3 is 5.32 Å². The summed E-state index contributed by atoms with van der Waals surface area (Å²) in [5.74, 6) is -0.0107. The van der Waals surface area contributed by atoms with Crippen molar-refractivity contribution in [2.45, 2.75) is 20.3 Å². The highest BCUT2D eigenvalue weighted by molar-refractivity contribution is 7.21. The van der Waals surface area contributed by atoms with Crippen LogP contribution in [0.4, 0.5) is 5.69 Å². The van der Waals surface area contributed by atoms with Gasteiger partial charge in [-0.15, -0.1) is 11.3 Å². The second kappa shape index (κ2) is 7.33. The zero-order chi connectivity index (χ0) is 18.8. The van der Waals surface area contributed by atoms with Gasteiger partial charge in [-0.3, -0.25) is 4.79 Å². The van der Waals surface area contributed by atoms with Gasteiger partial charge in [0.25, 0.3) is 0 Å². The van der Waals surface area contributed by atoms with Crippen molar-refractivity contribution < 1.29 is 4.79 Å². The van der Waals surface area contributed by atoms with E-state index in [0.717, 1.165) is 37.6 Å². The van der Waals surface area contributed by atoms with Crippen LogP contribution in [0.1, 0.15) is 16.7 Å². The number of nitrogens with zero attached hydrogens (tertiary/aromatic N) is 1. The molecule has 3 aromatic carbocycles. The summed E-state index contributed by atoms with van der Waals surface area (Å²) in [4.78, 5) is 17.2. The van der Waals surface area contributed by atoms with Gasteiger partial charge in [-0.1, -0.05) is 48.0 Å². The molecule has 0 aliphatic carbocycles. The van der Waals surface area contributed by atoms with Gasteiger partial charge >= 0.3 is 0 Å². The second-order valence-electron chi connectivity index (χ2n) is 6.72. The number of carbonyl (C=O) groups excluding carboxylic acids is 1. The van der Waals surface area contributed by atoms with Gasteiger partial charge in [0.1, 0.15) is 5.01 Å². The Balaban J connectivity index is 1.53. The number of rotatable bonds is 4. The summed E-state index contributed by atoms with van der Waals surface area (Å²) in [6.07, 6.45) is 0.372. The van der Waals surface area contributed by atoms with Crippen LogP contribution in [0.3, 0.4) is 0 Å². The first-order chi connectivity index (χ1) is 13.1. The van der Waals surface area contributed by atoms with E-state index >= 15 is 0 Å². The Morgan fingerprint density at radius 2 is 1.85 bits per heavy atom. The molecule has 0 spiro atoms. The molecule has 0 aliphatic heterocycles. The molecule has 0 unspecified atom stereocenters. The van der Waals surface area contributed by atoms with Gasteiger partial charge in [-0.2, -0.15) is 0 Å². The number of thiazole rings is 1. The number of anilines is 1. The van der Waals surface area contributed by atoms with E-state index in [9.17, 15) is 4.79 Å². The molecule has 1 amide bonds. The number of fused-ring (bicyclic) bond motifs is 1. The van der Waals surface area contributed by atoms with Crippen molar-refractivity contribution in [3.63, 3.8) is 0 Å². The van der Waals surface area contributed by atoms with Crippen LogP contribution in [-0.2, 0) is 11.2 Å². The minimum absolute atomic E-state index is 0.0107. The Morgan fingerprint density at radius 3 is 2.67 bits per heavy atom. The maximum Gasteiger partial charge on any atom is 0.228 e. The average molecular weight is 372 g/mol. The van der Waals surface area contributed by atoms with E-state index in [1.54, 1.807) is 11.3 Å². The lowest BCUT2D eigenvalue weighted by molar-refractivity contribution is -0.115. The largest absolute Gasteiger partial charge is 0.326 e. The second-order valence-corrected chi connectivity index (χ2v) is 7.75. The Hall–Kier alpha value is -2.98. The molecule has 4 aromatic rings. The molecule has 0 radical (unpaired) electrons. The van der Waals surface area contributed by atoms with Crippen LogP contribution in [0.25, 0.3) is 20.8 Å². The molecule has 3 nitrogen and oxygen atoms in total. The van der Waals surface area contributed by atoms with E-state index in [4.69, 9.17) is 4.98 Å². The summed E-state index contributed by atoms with van der Waals surface area (Å²) in [7, 11) is 0. The Morgan fingerprint density at radius 1 is 1.00 bits per heavy atom. The lowest BCUT2D eigenvalue weighted by Crippen LogP contribution is -2.15. The molecule has 0 atom stereocenters. The number of nitrogens with one attached hydrogen (secondary N) is 1. The molecule has 0 bridgehead atoms. The maximum atomic E-state index is 12.5. The number of amides is 1. The van der Waals surface area contributed by atoms with Gasteiger partial charge in [-0.25, -0.2) is 4.98 Å². The fourth-order valence-corrected chi connectivity index (χ4v) is 4.11. The quantitative estimate of drug-likeness (QED) is 0.495. The zero-order valence-electron chi connectivity index (χ0n) is 15.3. The lowest BCUT2D eigenvalue weighted by atomic mass is 10.0. The van der Waals surface area contributed by atoms with Crippen LogP contribution < -0.4 is 5.32 Å². The van der Waals surface area contributed by atoms with E-state index < -0.39 is 0 Å². The van der Waals surface area contributed by atoms with E-state index in [1.807, 2.05) is 61.5 Å². The molecule has 1 heterocycles. The van der Waals surface area contributed by atoms with Crippen molar-refractivity contribution in [1.82, 2.24) is 4.98 Å². The predicted octanol–water partition coefficient (Wildman–Crippen LogP) is 5.76. The number of aromatic nitrogens is 1. The third kappa shape index (κ3) is 3.91. The van der Waals surface area contributed by atoms with Crippen LogP contribution in [0, 0.1) is 13.8 Å². The van der Waals surface area contributed by atoms with E-state index in [2.05, 4.69) is 24.4 Å². The smallest absolute Gasteiger partial charge is 0.228 e. The van der Waals surface area contributed by atoms with Crippen molar-refractivity contribution in [1.29, 1.82) is 0 Å². The SMILES string of the molecule is Cc1ccc(CC(=O)Nc2cccc(-c3nc4ccccc4s3)c2)c(C)c1. The molecule has 0 fully saturated rings. The monoisotopic (exact) mass is 372 g/mol. The molecular formula is C23H20N2OS. The Bertz CT molecular complexity index is 1100. The van der Waals surface area contributed by atoms with E-state index in [-0.39, 0.29) is 5.91 Å². The highest BCUT2D eigenvalue weighted by Gasteiger charge is 2.09. The third-order valence-corrected chi connectivity index (χ3v) is 5.62. The van der Waals surface area contributed by atoms with Crippen LogP contribution in [0.15, 0.2) is 66.7 Å². The van der Waals surface area contributed by atoms with Crippen molar-refractivity contribution >= 4 is 33.1 Å². The van der Waals surface area contributed by atoms with Gasteiger partial charge in [0, 0.05) is 11.3 Å². The molecule has 134 valence electrons. The van der Waals surface area contributed by atoms with Crippen LogP contribution in [0.2, 0.25) is 0 Å². The highest BCUT2D eigenvalue weighted by Crippen LogP contribution is 2.31. The van der Waals surface area contributed by atoms with Gasteiger partial charge in [-0.05, 0) is 49.2 Å². The maximum absolute atomic E-state index is 12.5. The van der Waals surface area contributed by atoms with Crippen molar-refractivity contribution in [2.75, 3.05) is 5.32 Å². The number of carbonyl (C=O) groups is 1. The van der Waals surface area contributed by atoms with Crippen molar-refractivity contribution in [3.05, 3.63) is 83.4 Å². The summed E-state index contributed by atoms with van der Waals surface area (Å²) >= 11 is 1.66. The normalized spacial score (nSPS) is 10.9. The first kappa shape index (κ1) is 17.4. The molecular weight excluding hydrogens is 352 g/mol. The topological polar surface area (TPSA) is 42.0 Å². The van der Waals surface area contributed by atoms with Gasteiger partial charge in [0.15, 0.2) is 0 Å². The minimum Gasteiger partial charge on any atom is -0.326 e. The molecule has 0 aliphatic rings. The van der Waals surface area contributed by atoms with Crippen LogP contribution in [-0.4, -0.2) is 10.9 Å². The molecule has 0 saturated heterocycles. The molecule has 4 rings (SSSR count). The summed E-state index contributed by atoms with van der Waals surface area (Å²) < 4.78 is 1.16. The molecule has 27 heavy (non-hydrogen) atoms. The highest BCUT2D eigenvalue weighted by atomic mass is 32.1. The zero-order valence-corrected chi connectivity index (χ0v) is 16.1. The summed E-state index contributed by atoms with van der Waals surface area (Å²) in [5, 5.41) is 3.97. The van der Waals surface area contributed by atoms with Crippen molar-refractivity contribution in [2.24, 2.45) is 0 Å². The number of hydrogen-bond acceptors (Lipinski definition) is 3. The molecule has 1 N–H and O–H groups in total. The molecule has 4 heteroatoms. The summed E-state index contributed by atoms with van der Waals surface area (Å²) in [5.41, 5.74) is 6.22. The Labute approximate surface area is 162 Å². The first-order valence-electron chi connectivity index (χ1n) is 8.90. The number of para-hydroxylation sites is 1. The third-order valence-electron chi connectivity index (χ3n) is 4.54. The first-order valence-corrected chi connectivity index (χ1v) is 9.72. The van der Waals surface area contributed by atoms with Gasteiger partial charge in [0.05, 0.1) is 16.6 Å².